The van der Waals surface area contributed by atoms with E-state index >= 15 is 0 Å². The third-order valence-corrected chi connectivity index (χ3v) is 9.14. The predicted molar refractivity (Wildman–Crippen MR) is 165 cm³/mol. The fourth-order valence-corrected chi connectivity index (χ4v) is 6.59. The second-order valence-corrected chi connectivity index (χ2v) is 12.1. The summed E-state index contributed by atoms with van der Waals surface area (Å²) in [5.41, 5.74) is 1.10. The van der Waals surface area contributed by atoms with Gasteiger partial charge in [0.2, 0.25) is 0 Å². The molecule has 218 valence electrons. The highest BCUT2D eigenvalue weighted by Gasteiger charge is 2.33. The van der Waals surface area contributed by atoms with Crippen molar-refractivity contribution >= 4 is 52.1 Å². The molecule has 2 aliphatic heterocycles. The summed E-state index contributed by atoms with van der Waals surface area (Å²) in [5.74, 6) is -0.111. The van der Waals surface area contributed by atoms with E-state index in [1.165, 1.54) is 11.8 Å². The highest BCUT2D eigenvalue weighted by atomic mass is 32.2. The van der Waals surface area contributed by atoms with Crippen LogP contribution in [0.5, 0.6) is 0 Å². The van der Waals surface area contributed by atoms with Gasteiger partial charge in [-0.15, -0.1) is 0 Å². The number of likely N-dealkylation sites (N-methyl/N-ethyl adjacent to an activating group) is 1. The summed E-state index contributed by atoms with van der Waals surface area (Å²) in [5, 5.41) is 18.4. The number of nitrogens with zero attached hydrogens (tertiary/aromatic N) is 5. The summed E-state index contributed by atoms with van der Waals surface area (Å²) in [7, 11) is 1.70. The summed E-state index contributed by atoms with van der Waals surface area (Å²) >= 11 is 6.84. The highest BCUT2D eigenvalue weighted by molar-refractivity contribution is 8.26. The van der Waals surface area contributed by atoms with Crippen LogP contribution < -0.4 is 10.5 Å². The third kappa shape index (κ3) is 7.95. The molecule has 2 saturated heterocycles. The van der Waals surface area contributed by atoms with Crippen molar-refractivity contribution in [2.75, 3.05) is 44.2 Å². The Morgan fingerprint density at radius 3 is 2.23 bits per heavy atom. The van der Waals surface area contributed by atoms with Crippen LogP contribution in [0.4, 0.5) is 5.82 Å². The minimum atomic E-state index is -0.729. The summed E-state index contributed by atoms with van der Waals surface area (Å²) in [4.78, 5) is 43.7. The Hall–Kier alpha value is -2.68. The van der Waals surface area contributed by atoms with Crippen LogP contribution in [0.1, 0.15) is 81.4 Å². The lowest BCUT2D eigenvalue weighted by Crippen LogP contribution is -2.48. The number of carbonyl (C=O) groups excluding carboxylic acids is 1. The lowest BCUT2D eigenvalue weighted by atomic mass is 10.0. The first-order valence-corrected chi connectivity index (χ1v) is 15.5. The molecule has 2 aliphatic rings. The number of pyridine rings is 1. The molecule has 11 heteroatoms. The summed E-state index contributed by atoms with van der Waals surface area (Å²) in [6, 6.07) is 2.07. The fourth-order valence-electron chi connectivity index (χ4n) is 5.30. The van der Waals surface area contributed by atoms with Crippen LogP contribution in [0, 0.1) is 18.3 Å². The first-order valence-electron chi connectivity index (χ1n) is 14.3. The van der Waals surface area contributed by atoms with Crippen LogP contribution in [0.2, 0.25) is 0 Å². The number of unbranched alkanes of at least 4 members (excludes halogenated alkanes) is 7. The molecule has 0 aliphatic carbocycles. The molecule has 0 spiro atoms. The molecule has 0 unspecified atom stereocenters. The second-order valence-electron chi connectivity index (χ2n) is 10.4. The van der Waals surface area contributed by atoms with Crippen LogP contribution >= 0.6 is 24.0 Å². The maximum atomic E-state index is 13.4. The topological polar surface area (TPSA) is 110 Å². The molecule has 0 saturated carbocycles. The van der Waals surface area contributed by atoms with Gasteiger partial charge in [0.25, 0.3) is 11.5 Å². The molecule has 0 atom stereocenters. The zero-order valence-electron chi connectivity index (χ0n) is 23.9. The van der Waals surface area contributed by atoms with E-state index in [1.54, 1.807) is 23.4 Å². The van der Waals surface area contributed by atoms with E-state index in [0.717, 1.165) is 95.5 Å². The van der Waals surface area contributed by atoms with E-state index in [1.807, 2.05) is 6.08 Å². The van der Waals surface area contributed by atoms with Crippen molar-refractivity contribution in [3.63, 3.8) is 0 Å². The fraction of sp³-hybridized carbons (Fsp3) is 0.621. The molecular formula is C29H41N5O4S2. The Morgan fingerprint density at radius 2 is 1.65 bits per heavy atom. The number of carbonyl (C=O) groups is 2. The Bertz CT molecular complexity index is 1230. The number of hydrogen-bond donors (Lipinski definition) is 1. The second kappa shape index (κ2) is 15.4. The number of amides is 1. The van der Waals surface area contributed by atoms with Gasteiger partial charge in [-0.25, -0.2) is 0 Å². The zero-order valence-corrected chi connectivity index (χ0v) is 25.5. The summed E-state index contributed by atoms with van der Waals surface area (Å²) in [6.45, 7) is 8.76. The maximum Gasteiger partial charge on any atom is 0.303 e. The van der Waals surface area contributed by atoms with Crippen molar-refractivity contribution in [1.82, 2.24) is 14.4 Å². The largest absolute Gasteiger partial charge is 0.481 e. The van der Waals surface area contributed by atoms with Crippen LogP contribution in [0.25, 0.3) is 6.08 Å². The molecule has 0 bridgehead atoms. The number of hydrogen-bond acceptors (Lipinski definition) is 8. The number of aromatic nitrogens is 1. The molecule has 3 rings (SSSR count). The molecule has 0 aromatic carbocycles. The maximum absolute atomic E-state index is 13.4. The van der Waals surface area contributed by atoms with Gasteiger partial charge in [0.1, 0.15) is 21.8 Å². The summed E-state index contributed by atoms with van der Waals surface area (Å²) < 4.78 is 2.09. The molecule has 1 N–H and O–H groups in total. The lowest BCUT2D eigenvalue weighted by molar-refractivity contribution is -0.137. The molecule has 1 amide bonds. The highest BCUT2D eigenvalue weighted by Crippen LogP contribution is 2.36. The Balaban J connectivity index is 1.66. The minimum Gasteiger partial charge on any atom is -0.481 e. The Labute approximate surface area is 246 Å². The molecule has 9 nitrogen and oxygen atoms in total. The Kier molecular flexibility index (Phi) is 12.2. The van der Waals surface area contributed by atoms with Crippen molar-refractivity contribution in [3.8, 4) is 6.07 Å². The van der Waals surface area contributed by atoms with E-state index in [2.05, 4.69) is 22.8 Å². The van der Waals surface area contributed by atoms with E-state index in [-0.39, 0.29) is 23.5 Å². The number of carboxylic acid groups (broad SMARTS) is 1. The minimum absolute atomic E-state index is 0.0991. The number of thioether (sulfide) groups is 1. The number of rotatable bonds is 14. The van der Waals surface area contributed by atoms with E-state index in [4.69, 9.17) is 17.3 Å². The third-order valence-electron chi connectivity index (χ3n) is 7.76. The number of piperazine rings is 1. The SMILES string of the molecule is CCN1CCN(c2c(/C=C3/SC(=S)N(CCCCCCCCCCC(=O)O)C3=O)c(C)c(C#N)c(=O)n2C)CC1. The number of aliphatic carboxylic acids is 1. The average Bonchev–Trinajstić information content (AvgIpc) is 3.20. The van der Waals surface area contributed by atoms with Crippen molar-refractivity contribution in [1.29, 1.82) is 5.26 Å². The van der Waals surface area contributed by atoms with Crippen LogP contribution in [0.3, 0.4) is 0 Å². The average molecular weight is 588 g/mol. The van der Waals surface area contributed by atoms with Gasteiger partial charge in [0, 0.05) is 51.8 Å². The van der Waals surface area contributed by atoms with Gasteiger partial charge in [-0.05, 0) is 37.9 Å². The van der Waals surface area contributed by atoms with Crippen LogP contribution in [-0.4, -0.2) is 74.9 Å². The van der Waals surface area contributed by atoms with E-state index in [9.17, 15) is 19.6 Å². The monoisotopic (exact) mass is 587 g/mol. The molecule has 40 heavy (non-hydrogen) atoms. The molecule has 3 heterocycles. The van der Waals surface area contributed by atoms with Crippen molar-refractivity contribution in [2.45, 2.75) is 71.6 Å². The van der Waals surface area contributed by atoms with Gasteiger partial charge in [0.05, 0.1) is 4.91 Å². The lowest BCUT2D eigenvalue weighted by Gasteiger charge is -2.37. The van der Waals surface area contributed by atoms with Crippen molar-refractivity contribution < 1.29 is 14.7 Å². The van der Waals surface area contributed by atoms with Gasteiger partial charge in [-0.3, -0.25) is 23.9 Å². The molecule has 1 aromatic heterocycles. The van der Waals surface area contributed by atoms with E-state index in [0.29, 0.717) is 21.3 Å². The van der Waals surface area contributed by atoms with Crippen molar-refractivity contribution in [3.05, 3.63) is 31.9 Å². The number of thiocarbonyl (C=S) groups is 1. The molecule has 2 fully saturated rings. The van der Waals surface area contributed by atoms with E-state index < -0.39 is 5.97 Å². The molecule has 1 aromatic rings. The van der Waals surface area contributed by atoms with Gasteiger partial charge in [0.15, 0.2) is 0 Å². The van der Waals surface area contributed by atoms with Gasteiger partial charge in [-0.1, -0.05) is 69.4 Å². The van der Waals surface area contributed by atoms with Gasteiger partial charge in [-0.2, -0.15) is 5.26 Å². The number of nitriles is 1. The van der Waals surface area contributed by atoms with Gasteiger partial charge >= 0.3 is 5.97 Å². The molecular weight excluding hydrogens is 546 g/mol. The first-order chi connectivity index (χ1) is 19.2. The standard InChI is InChI=1S/C29H41N5O4S2/c1-4-32-15-17-33(18-16-32)26-22(21(2)23(20-30)27(37)31(26)3)19-24-28(38)34(29(39)40-24)14-12-10-8-6-5-7-9-11-13-25(35)36/h19H,4-18H2,1-3H3,(H,35,36)/b24-19+. The Morgan fingerprint density at radius 1 is 1.05 bits per heavy atom. The normalized spacial score (nSPS) is 17.2. The zero-order chi connectivity index (χ0) is 29.2. The number of carboxylic acids is 1. The first kappa shape index (κ1) is 31.8. The van der Waals surface area contributed by atoms with Crippen LogP contribution in [0.15, 0.2) is 9.70 Å². The smallest absolute Gasteiger partial charge is 0.303 e. The van der Waals surface area contributed by atoms with Gasteiger partial charge < -0.3 is 14.9 Å². The van der Waals surface area contributed by atoms with Crippen LogP contribution in [-0.2, 0) is 16.6 Å². The predicted octanol–water partition coefficient (Wildman–Crippen LogP) is 4.50. The number of anilines is 1. The quantitative estimate of drug-likeness (QED) is 0.191. The summed E-state index contributed by atoms with van der Waals surface area (Å²) in [6.07, 6.45) is 9.97. The van der Waals surface area contributed by atoms with Crippen molar-refractivity contribution in [2.24, 2.45) is 7.05 Å². The molecule has 0 radical (unpaired) electrons.